The number of hydrogen-bond acceptors (Lipinski definition) is 3. The SMILES string of the molecule is CCC(CC)(CCO)CNC(=O)c1cccc(-c2ccoc2)c1. The van der Waals surface area contributed by atoms with Gasteiger partial charge in [-0.05, 0) is 48.4 Å². The van der Waals surface area contributed by atoms with Gasteiger partial charge < -0.3 is 14.8 Å². The van der Waals surface area contributed by atoms with Crippen LogP contribution in [0.25, 0.3) is 11.1 Å². The largest absolute Gasteiger partial charge is 0.472 e. The van der Waals surface area contributed by atoms with Crippen LogP contribution in [0, 0.1) is 5.41 Å². The predicted molar refractivity (Wildman–Crippen MR) is 91.2 cm³/mol. The minimum absolute atomic E-state index is 0.0351. The number of aliphatic hydroxyl groups is 1. The van der Waals surface area contributed by atoms with Crippen LogP contribution in [0.4, 0.5) is 0 Å². The molecule has 2 aromatic rings. The fraction of sp³-hybridized carbons (Fsp3) is 0.421. The number of amides is 1. The zero-order valence-electron chi connectivity index (χ0n) is 13.8. The summed E-state index contributed by atoms with van der Waals surface area (Å²) >= 11 is 0. The third-order valence-corrected chi connectivity index (χ3v) is 4.75. The molecule has 0 saturated heterocycles. The van der Waals surface area contributed by atoms with Crippen LogP contribution in [0.1, 0.15) is 43.5 Å². The van der Waals surface area contributed by atoms with E-state index in [4.69, 9.17) is 4.42 Å². The zero-order chi connectivity index (χ0) is 16.7. The summed E-state index contributed by atoms with van der Waals surface area (Å²) < 4.78 is 5.09. The average molecular weight is 315 g/mol. The quantitative estimate of drug-likeness (QED) is 0.777. The molecule has 124 valence electrons. The van der Waals surface area contributed by atoms with Gasteiger partial charge in [0.05, 0.1) is 12.5 Å². The summed E-state index contributed by atoms with van der Waals surface area (Å²) in [5.41, 5.74) is 2.51. The third-order valence-electron chi connectivity index (χ3n) is 4.75. The van der Waals surface area contributed by atoms with Gasteiger partial charge in [0.2, 0.25) is 0 Å². The maximum Gasteiger partial charge on any atom is 0.251 e. The molecule has 0 aliphatic carbocycles. The fourth-order valence-electron chi connectivity index (χ4n) is 2.82. The molecule has 4 nitrogen and oxygen atoms in total. The Balaban J connectivity index is 2.07. The lowest BCUT2D eigenvalue weighted by atomic mass is 9.79. The number of nitrogens with one attached hydrogen (secondary N) is 1. The number of benzene rings is 1. The standard InChI is InChI=1S/C19H25NO3/c1-3-19(4-2,9-10-21)14-20-18(22)16-7-5-6-15(12-16)17-8-11-23-13-17/h5-8,11-13,21H,3-4,9-10,14H2,1-2H3,(H,20,22). The number of hydrogen-bond donors (Lipinski definition) is 2. The van der Waals surface area contributed by atoms with E-state index in [9.17, 15) is 9.90 Å². The first-order chi connectivity index (χ1) is 11.1. The van der Waals surface area contributed by atoms with Gasteiger partial charge in [-0.25, -0.2) is 0 Å². The van der Waals surface area contributed by atoms with E-state index in [0.717, 1.165) is 24.0 Å². The van der Waals surface area contributed by atoms with Gasteiger partial charge in [0.1, 0.15) is 0 Å². The Kier molecular flexibility index (Phi) is 5.99. The Hall–Kier alpha value is -2.07. The molecular weight excluding hydrogens is 290 g/mol. The van der Waals surface area contributed by atoms with Crippen LogP contribution in [0.15, 0.2) is 47.3 Å². The number of carbonyl (C=O) groups is 1. The van der Waals surface area contributed by atoms with E-state index in [1.165, 1.54) is 0 Å². The molecule has 0 atom stereocenters. The molecule has 1 aromatic heterocycles. The number of furan rings is 1. The van der Waals surface area contributed by atoms with Gasteiger partial charge in [-0.1, -0.05) is 26.0 Å². The van der Waals surface area contributed by atoms with Gasteiger partial charge >= 0.3 is 0 Å². The number of aliphatic hydroxyl groups excluding tert-OH is 1. The topological polar surface area (TPSA) is 62.5 Å². The van der Waals surface area contributed by atoms with Crippen LogP contribution < -0.4 is 5.32 Å². The van der Waals surface area contributed by atoms with E-state index in [2.05, 4.69) is 19.2 Å². The second kappa shape index (κ2) is 7.97. The molecular formula is C19H25NO3. The molecule has 0 aliphatic heterocycles. The molecule has 1 amide bonds. The van der Waals surface area contributed by atoms with Crippen molar-refractivity contribution in [2.45, 2.75) is 33.1 Å². The molecule has 2 rings (SSSR count). The summed E-state index contributed by atoms with van der Waals surface area (Å²) in [5, 5.41) is 12.3. The van der Waals surface area contributed by atoms with Crippen LogP contribution >= 0.6 is 0 Å². The molecule has 23 heavy (non-hydrogen) atoms. The second-order valence-electron chi connectivity index (χ2n) is 5.96. The molecule has 0 saturated carbocycles. The Morgan fingerprint density at radius 3 is 2.61 bits per heavy atom. The molecule has 0 unspecified atom stereocenters. The molecule has 2 N–H and O–H groups in total. The van der Waals surface area contributed by atoms with Crippen molar-refractivity contribution >= 4 is 5.91 Å². The van der Waals surface area contributed by atoms with Crippen LogP contribution in [-0.2, 0) is 0 Å². The molecule has 0 spiro atoms. The lowest BCUT2D eigenvalue weighted by Crippen LogP contribution is -2.37. The van der Waals surface area contributed by atoms with Gasteiger partial charge in [-0.15, -0.1) is 0 Å². The highest BCUT2D eigenvalue weighted by atomic mass is 16.3. The first-order valence-corrected chi connectivity index (χ1v) is 8.16. The van der Waals surface area contributed by atoms with E-state index in [-0.39, 0.29) is 17.9 Å². The van der Waals surface area contributed by atoms with Crippen molar-refractivity contribution in [2.24, 2.45) is 5.41 Å². The number of rotatable bonds is 8. The van der Waals surface area contributed by atoms with Crippen LogP contribution in [-0.4, -0.2) is 24.2 Å². The zero-order valence-corrected chi connectivity index (χ0v) is 13.8. The lowest BCUT2D eigenvalue weighted by molar-refractivity contribution is 0.0907. The predicted octanol–water partition coefficient (Wildman–Crippen LogP) is 3.87. The monoisotopic (exact) mass is 315 g/mol. The minimum atomic E-state index is -0.0837. The summed E-state index contributed by atoms with van der Waals surface area (Å²) in [6.07, 6.45) is 5.85. The summed E-state index contributed by atoms with van der Waals surface area (Å²) in [5.74, 6) is -0.0837. The highest BCUT2D eigenvalue weighted by Crippen LogP contribution is 2.29. The Labute approximate surface area is 137 Å². The minimum Gasteiger partial charge on any atom is -0.472 e. The Bertz CT molecular complexity index is 615. The molecule has 0 bridgehead atoms. The summed E-state index contributed by atoms with van der Waals surface area (Å²) in [7, 11) is 0. The van der Waals surface area contributed by atoms with E-state index < -0.39 is 0 Å². The molecule has 1 heterocycles. The van der Waals surface area contributed by atoms with Crippen molar-refractivity contribution in [1.82, 2.24) is 5.32 Å². The van der Waals surface area contributed by atoms with Crippen molar-refractivity contribution in [2.75, 3.05) is 13.2 Å². The van der Waals surface area contributed by atoms with Crippen molar-refractivity contribution in [1.29, 1.82) is 0 Å². The van der Waals surface area contributed by atoms with Crippen LogP contribution in [0.2, 0.25) is 0 Å². The van der Waals surface area contributed by atoms with Gasteiger partial charge in [0.25, 0.3) is 5.91 Å². The Morgan fingerprint density at radius 1 is 1.22 bits per heavy atom. The fourth-order valence-corrected chi connectivity index (χ4v) is 2.82. The second-order valence-corrected chi connectivity index (χ2v) is 5.96. The van der Waals surface area contributed by atoms with E-state index in [1.54, 1.807) is 12.5 Å². The summed E-state index contributed by atoms with van der Waals surface area (Å²) in [6.45, 7) is 4.93. The van der Waals surface area contributed by atoms with E-state index in [1.807, 2.05) is 30.3 Å². The van der Waals surface area contributed by atoms with Gasteiger partial charge in [0.15, 0.2) is 0 Å². The smallest absolute Gasteiger partial charge is 0.251 e. The number of carbonyl (C=O) groups excluding carboxylic acids is 1. The van der Waals surface area contributed by atoms with Gasteiger partial charge in [-0.3, -0.25) is 4.79 Å². The maximum absolute atomic E-state index is 12.5. The summed E-state index contributed by atoms with van der Waals surface area (Å²) in [6, 6.07) is 9.38. The normalized spacial score (nSPS) is 11.4. The molecule has 4 heteroatoms. The first kappa shape index (κ1) is 17.3. The van der Waals surface area contributed by atoms with Crippen molar-refractivity contribution in [3.05, 3.63) is 48.4 Å². The van der Waals surface area contributed by atoms with Crippen molar-refractivity contribution < 1.29 is 14.3 Å². The first-order valence-electron chi connectivity index (χ1n) is 8.16. The van der Waals surface area contributed by atoms with E-state index >= 15 is 0 Å². The molecule has 0 fully saturated rings. The third kappa shape index (κ3) is 4.23. The highest BCUT2D eigenvalue weighted by molar-refractivity contribution is 5.95. The lowest BCUT2D eigenvalue weighted by Gasteiger charge is -2.31. The van der Waals surface area contributed by atoms with Crippen molar-refractivity contribution in [3.8, 4) is 11.1 Å². The average Bonchev–Trinajstić information content (AvgIpc) is 3.13. The maximum atomic E-state index is 12.5. The Morgan fingerprint density at radius 2 is 2.00 bits per heavy atom. The van der Waals surface area contributed by atoms with Crippen LogP contribution in [0.5, 0.6) is 0 Å². The van der Waals surface area contributed by atoms with Crippen molar-refractivity contribution in [3.63, 3.8) is 0 Å². The molecule has 0 aliphatic rings. The molecule has 1 aromatic carbocycles. The summed E-state index contributed by atoms with van der Waals surface area (Å²) in [4.78, 5) is 12.5. The molecule has 0 radical (unpaired) electrons. The van der Waals surface area contributed by atoms with E-state index in [0.29, 0.717) is 18.5 Å². The van der Waals surface area contributed by atoms with Gasteiger partial charge in [0, 0.05) is 24.3 Å². The highest BCUT2D eigenvalue weighted by Gasteiger charge is 2.26. The van der Waals surface area contributed by atoms with Crippen LogP contribution in [0.3, 0.4) is 0 Å². The van der Waals surface area contributed by atoms with Gasteiger partial charge in [-0.2, -0.15) is 0 Å².